The fourth-order valence-electron chi connectivity index (χ4n) is 0.822. The van der Waals surface area contributed by atoms with Crippen molar-refractivity contribution in [3.05, 3.63) is 0 Å². The van der Waals surface area contributed by atoms with Gasteiger partial charge in [-0.1, -0.05) is 0 Å². The van der Waals surface area contributed by atoms with E-state index in [1.807, 2.05) is 0 Å². The molecule has 0 saturated carbocycles. The van der Waals surface area contributed by atoms with Crippen LogP contribution in [0, 0.1) is 0 Å². The third-order valence-electron chi connectivity index (χ3n) is 1.77. The maximum absolute atomic E-state index is 11.1. The molecule has 0 aliphatic rings. The number of aliphatic hydroxyl groups is 1. The molecule has 0 spiro atoms. The molecule has 5 N–H and O–H groups in total. The highest BCUT2D eigenvalue weighted by Crippen LogP contribution is 2.06. The van der Waals surface area contributed by atoms with Gasteiger partial charge in [0.15, 0.2) is 6.10 Å². The van der Waals surface area contributed by atoms with E-state index in [0.717, 1.165) is 0 Å². The van der Waals surface area contributed by atoms with E-state index < -0.39 is 17.6 Å². The quantitative estimate of drug-likeness (QED) is 0.460. The highest BCUT2D eigenvalue weighted by Gasteiger charge is 2.16. The Labute approximate surface area is 88.5 Å². The van der Waals surface area contributed by atoms with Crippen molar-refractivity contribution in [2.75, 3.05) is 6.54 Å². The van der Waals surface area contributed by atoms with Crippen molar-refractivity contribution >= 4 is 11.9 Å². The van der Waals surface area contributed by atoms with Crippen molar-refractivity contribution in [2.24, 2.45) is 5.73 Å². The van der Waals surface area contributed by atoms with Crippen molar-refractivity contribution in [2.45, 2.75) is 38.3 Å². The van der Waals surface area contributed by atoms with Crippen LogP contribution in [0.25, 0.3) is 0 Å². The molecule has 1 atom stereocenters. The number of hydrogen-bond acceptors (Lipinski definition) is 4. The third-order valence-corrected chi connectivity index (χ3v) is 1.77. The number of carbonyl (C=O) groups is 2. The molecule has 15 heavy (non-hydrogen) atoms. The first-order valence-corrected chi connectivity index (χ1v) is 4.69. The van der Waals surface area contributed by atoms with Crippen LogP contribution in [0.5, 0.6) is 0 Å². The van der Waals surface area contributed by atoms with E-state index >= 15 is 0 Å². The summed E-state index contributed by atoms with van der Waals surface area (Å²) < 4.78 is 0. The second-order valence-corrected chi connectivity index (χ2v) is 4.15. The lowest BCUT2D eigenvalue weighted by Gasteiger charge is -2.17. The number of hydrogen-bond donors (Lipinski definition) is 4. The van der Waals surface area contributed by atoms with Crippen LogP contribution < -0.4 is 11.1 Å². The van der Waals surface area contributed by atoms with Gasteiger partial charge in [0.1, 0.15) is 0 Å². The predicted molar refractivity (Wildman–Crippen MR) is 54.2 cm³/mol. The monoisotopic (exact) mass is 218 g/mol. The summed E-state index contributed by atoms with van der Waals surface area (Å²) in [4.78, 5) is 21.4. The summed E-state index contributed by atoms with van der Waals surface area (Å²) >= 11 is 0. The van der Waals surface area contributed by atoms with Gasteiger partial charge in [-0.25, -0.2) is 4.79 Å². The van der Waals surface area contributed by atoms with Gasteiger partial charge in [-0.15, -0.1) is 0 Å². The molecule has 0 aromatic rings. The molecule has 6 nitrogen and oxygen atoms in total. The van der Waals surface area contributed by atoms with Crippen LogP contribution in [-0.4, -0.2) is 40.3 Å². The van der Waals surface area contributed by atoms with Crippen LogP contribution in [0.3, 0.4) is 0 Å². The largest absolute Gasteiger partial charge is 0.479 e. The Kier molecular flexibility index (Phi) is 5.24. The minimum atomic E-state index is -1.56. The van der Waals surface area contributed by atoms with E-state index in [4.69, 9.17) is 15.9 Å². The summed E-state index contributed by atoms with van der Waals surface area (Å²) in [5.74, 6) is -1.66. The highest BCUT2D eigenvalue weighted by molar-refractivity contribution is 5.78. The molecule has 0 heterocycles. The average Bonchev–Trinajstić information content (AvgIpc) is 2.09. The number of rotatable bonds is 6. The molecule has 0 aliphatic heterocycles. The number of carbonyl (C=O) groups excluding carboxylic acids is 1. The van der Waals surface area contributed by atoms with Crippen molar-refractivity contribution in [1.82, 2.24) is 5.32 Å². The van der Waals surface area contributed by atoms with Gasteiger partial charge >= 0.3 is 5.97 Å². The number of carboxylic acids is 1. The molecule has 0 rings (SSSR count). The van der Waals surface area contributed by atoms with E-state index in [-0.39, 0.29) is 18.9 Å². The van der Waals surface area contributed by atoms with Gasteiger partial charge in [0, 0.05) is 12.0 Å². The predicted octanol–water partition coefficient (Wildman–Crippen LogP) is -0.934. The summed E-state index contributed by atoms with van der Waals surface area (Å²) in [5.41, 5.74) is 5.24. The molecule has 0 fully saturated rings. The Balaban J connectivity index is 3.72. The second-order valence-electron chi connectivity index (χ2n) is 4.15. The molecule has 0 radical (unpaired) electrons. The van der Waals surface area contributed by atoms with Crippen molar-refractivity contribution in [1.29, 1.82) is 0 Å². The fourth-order valence-corrected chi connectivity index (χ4v) is 0.822. The lowest BCUT2D eigenvalue weighted by atomic mass is 10.00. The average molecular weight is 218 g/mol. The third kappa shape index (κ3) is 7.90. The molecule has 6 heteroatoms. The molecule has 0 aromatic carbocycles. The lowest BCUT2D eigenvalue weighted by molar-refractivity contribution is -0.146. The molecule has 0 aromatic heterocycles. The minimum Gasteiger partial charge on any atom is -0.479 e. The Morgan fingerprint density at radius 1 is 1.47 bits per heavy atom. The van der Waals surface area contributed by atoms with Crippen molar-refractivity contribution < 1.29 is 19.8 Å². The first-order valence-electron chi connectivity index (χ1n) is 4.69. The van der Waals surface area contributed by atoms with Crippen LogP contribution in [0.4, 0.5) is 0 Å². The van der Waals surface area contributed by atoms with E-state index in [1.54, 1.807) is 13.8 Å². The van der Waals surface area contributed by atoms with Crippen LogP contribution in [0.1, 0.15) is 26.7 Å². The summed E-state index contributed by atoms with van der Waals surface area (Å²) in [6, 6.07) is 0. The molecule has 0 saturated heterocycles. The van der Waals surface area contributed by atoms with Crippen molar-refractivity contribution in [3.8, 4) is 0 Å². The zero-order chi connectivity index (χ0) is 12.1. The summed E-state index contributed by atoms with van der Waals surface area (Å²) in [7, 11) is 0. The summed E-state index contributed by atoms with van der Waals surface area (Å²) in [6.45, 7) is 3.32. The molecule has 0 bridgehead atoms. The number of amides is 1. The Morgan fingerprint density at radius 3 is 2.40 bits per heavy atom. The van der Waals surface area contributed by atoms with Gasteiger partial charge in [0.25, 0.3) is 0 Å². The second kappa shape index (κ2) is 5.67. The van der Waals surface area contributed by atoms with Gasteiger partial charge in [0.05, 0.1) is 6.54 Å². The number of nitrogens with one attached hydrogen (secondary N) is 1. The van der Waals surface area contributed by atoms with Gasteiger partial charge in [-0.3, -0.25) is 4.79 Å². The Hall–Kier alpha value is -1.14. The van der Waals surface area contributed by atoms with Crippen LogP contribution in [0.2, 0.25) is 0 Å². The van der Waals surface area contributed by atoms with E-state index in [2.05, 4.69) is 5.32 Å². The molecule has 1 unspecified atom stereocenters. The first-order chi connectivity index (χ1) is 6.72. The summed E-state index contributed by atoms with van der Waals surface area (Å²) in [5, 5.41) is 19.5. The van der Waals surface area contributed by atoms with E-state index in [0.29, 0.717) is 6.42 Å². The normalized spacial score (nSPS) is 13.3. The number of carboxylic acid groups (broad SMARTS) is 1. The minimum absolute atomic E-state index is 0.218. The molecular weight excluding hydrogens is 200 g/mol. The number of aliphatic hydroxyl groups excluding tert-OH is 1. The Morgan fingerprint density at radius 2 is 2.00 bits per heavy atom. The van der Waals surface area contributed by atoms with Crippen molar-refractivity contribution in [3.63, 3.8) is 0 Å². The standard InChI is InChI=1S/C9H18N2O4/c1-9(2,10)4-3-7(13)11-5-6(12)8(14)15/h6,12H,3-5,10H2,1-2H3,(H,11,13)(H,14,15). The molecular formula is C9H18N2O4. The zero-order valence-corrected chi connectivity index (χ0v) is 8.99. The van der Waals surface area contributed by atoms with Crippen LogP contribution in [-0.2, 0) is 9.59 Å². The highest BCUT2D eigenvalue weighted by atomic mass is 16.4. The van der Waals surface area contributed by atoms with E-state index in [9.17, 15) is 9.59 Å². The maximum Gasteiger partial charge on any atom is 0.334 e. The van der Waals surface area contributed by atoms with Crippen LogP contribution in [0.15, 0.2) is 0 Å². The molecule has 1 amide bonds. The summed E-state index contributed by atoms with van der Waals surface area (Å²) in [6.07, 6.45) is -0.836. The molecule has 0 aliphatic carbocycles. The number of aliphatic carboxylic acids is 1. The topological polar surface area (TPSA) is 113 Å². The first kappa shape index (κ1) is 13.9. The SMILES string of the molecule is CC(C)(N)CCC(=O)NCC(O)C(=O)O. The number of nitrogens with two attached hydrogens (primary N) is 1. The lowest BCUT2D eigenvalue weighted by Crippen LogP contribution is -2.38. The van der Waals surface area contributed by atoms with E-state index in [1.165, 1.54) is 0 Å². The smallest absolute Gasteiger partial charge is 0.334 e. The Bertz CT molecular complexity index is 235. The van der Waals surface area contributed by atoms with Gasteiger partial charge in [0.2, 0.25) is 5.91 Å². The van der Waals surface area contributed by atoms with Gasteiger partial charge in [-0.05, 0) is 20.3 Å². The van der Waals surface area contributed by atoms with Gasteiger partial charge in [-0.2, -0.15) is 0 Å². The molecule has 88 valence electrons. The fraction of sp³-hybridized carbons (Fsp3) is 0.778. The van der Waals surface area contributed by atoms with Gasteiger partial charge < -0.3 is 21.3 Å². The zero-order valence-electron chi connectivity index (χ0n) is 8.99. The maximum atomic E-state index is 11.1. The van der Waals surface area contributed by atoms with Crippen LogP contribution >= 0.6 is 0 Å².